The Morgan fingerprint density at radius 1 is 1.50 bits per heavy atom. The van der Waals surface area contributed by atoms with Crippen molar-refractivity contribution in [2.24, 2.45) is 0 Å². The highest BCUT2D eigenvalue weighted by molar-refractivity contribution is 7.90. The van der Waals surface area contributed by atoms with Gasteiger partial charge in [-0.25, -0.2) is 13.4 Å². The lowest BCUT2D eigenvalue weighted by molar-refractivity contribution is -0.122. The lowest BCUT2D eigenvalue weighted by atomic mass is 10.1. The molecule has 1 aromatic rings. The van der Waals surface area contributed by atoms with Crippen LogP contribution in [0.15, 0.2) is 23.2 Å². The van der Waals surface area contributed by atoms with Crippen LogP contribution >= 0.6 is 0 Å². The Hall–Kier alpha value is -1.63. The van der Waals surface area contributed by atoms with E-state index in [9.17, 15) is 13.2 Å². The molecule has 1 aliphatic heterocycles. The summed E-state index contributed by atoms with van der Waals surface area (Å²) in [6, 6.07) is 3.12. The number of piperidine rings is 1. The molecule has 0 bridgehead atoms. The monoisotopic (exact) mass is 269 g/mol. The first-order chi connectivity index (χ1) is 8.47. The average molecular weight is 269 g/mol. The van der Waals surface area contributed by atoms with Gasteiger partial charge in [-0.2, -0.15) is 0 Å². The second kappa shape index (κ2) is 4.93. The number of hydrogen-bond acceptors (Lipinski definition) is 5. The third kappa shape index (κ3) is 2.98. The Labute approximate surface area is 106 Å². The van der Waals surface area contributed by atoms with Gasteiger partial charge < -0.3 is 10.6 Å². The summed E-state index contributed by atoms with van der Waals surface area (Å²) < 4.78 is 23.2. The van der Waals surface area contributed by atoms with Crippen molar-refractivity contribution in [3.63, 3.8) is 0 Å². The first kappa shape index (κ1) is 12.8. The van der Waals surface area contributed by atoms with E-state index in [0.29, 0.717) is 25.2 Å². The standard InChI is InChI=1S/C11H15N3O3S/c1-18(16,17)9-3-2-6-12-11(9)14-8-4-5-10(15)13-7-8/h2-3,6,8H,4-5,7H2,1H3,(H,12,14)(H,13,15). The highest BCUT2D eigenvalue weighted by Crippen LogP contribution is 2.20. The van der Waals surface area contributed by atoms with Crippen LogP contribution in [0.25, 0.3) is 0 Å². The summed E-state index contributed by atoms with van der Waals surface area (Å²) in [4.78, 5) is 15.3. The number of pyridine rings is 1. The van der Waals surface area contributed by atoms with Crippen LogP contribution in [0.1, 0.15) is 12.8 Å². The molecule has 0 radical (unpaired) electrons. The molecule has 1 fully saturated rings. The van der Waals surface area contributed by atoms with Crippen molar-refractivity contribution in [2.75, 3.05) is 18.1 Å². The average Bonchev–Trinajstić information content (AvgIpc) is 2.31. The zero-order chi connectivity index (χ0) is 13.2. The molecule has 6 nitrogen and oxygen atoms in total. The molecule has 1 aromatic heterocycles. The van der Waals surface area contributed by atoms with Crippen molar-refractivity contribution >= 4 is 21.6 Å². The van der Waals surface area contributed by atoms with E-state index in [1.165, 1.54) is 6.07 Å². The molecule has 1 aliphatic rings. The number of carbonyl (C=O) groups excluding carboxylic acids is 1. The molecule has 7 heteroatoms. The van der Waals surface area contributed by atoms with Crippen molar-refractivity contribution < 1.29 is 13.2 Å². The Morgan fingerprint density at radius 3 is 2.89 bits per heavy atom. The fraction of sp³-hybridized carbons (Fsp3) is 0.455. The van der Waals surface area contributed by atoms with Gasteiger partial charge in [-0.15, -0.1) is 0 Å². The maximum Gasteiger partial charge on any atom is 0.220 e. The van der Waals surface area contributed by atoms with Crippen LogP contribution in [0.3, 0.4) is 0 Å². The van der Waals surface area contributed by atoms with E-state index in [4.69, 9.17) is 0 Å². The molecule has 18 heavy (non-hydrogen) atoms. The summed E-state index contributed by atoms with van der Waals surface area (Å²) in [7, 11) is -3.31. The molecule has 1 unspecified atom stereocenters. The minimum Gasteiger partial charge on any atom is -0.364 e. The minimum atomic E-state index is -3.31. The van der Waals surface area contributed by atoms with Crippen molar-refractivity contribution in [3.05, 3.63) is 18.3 Å². The normalized spacial score (nSPS) is 20.3. The molecule has 1 amide bonds. The summed E-state index contributed by atoms with van der Waals surface area (Å²) in [6.45, 7) is 0.485. The molecule has 1 saturated heterocycles. The molecule has 1 atom stereocenters. The van der Waals surface area contributed by atoms with Gasteiger partial charge in [0.15, 0.2) is 9.84 Å². The van der Waals surface area contributed by atoms with E-state index in [2.05, 4.69) is 15.6 Å². The van der Waals surface area contributed by atoms with E-state index >= 15 is 0 Å². The van der Waals surface area contributed by atoms with Gasteiger partial charge in [0.25, 0.3) is 0 Å². The number of sulfone groups is 1. The second-order valence-electron chi connectivity index (χ2n) is 4.31. The van der Waals surface area contributed by atoms with Gasteiger partial charge in [0.1, 0.15) is 10.7 Å². The van der Waals surface area contributed by atoms with E-state index in [0.717, 1.165) is 6.26 Å². The predicted molar refractivity (Wildman–Crippen MR) is 67.0 cm³/mol. The summed E-state index contributed by atoms with van der Waals surface area (Å²) in [5.74, 6) is 0.374. The van der Waals surface area contributed by atoms with Gasteiger partial charge in [-0.05, 0) is 18.6 Å². The molecule has 2 N–H and O–H groups in total. The first-order valence-corrected chi connectivity index (χ1v) is 7.54. The van der Waals surface area contributed by atoms with Crippen LogP contribution in [0.4, 0.5) is 5.82 Å². The molecule has 98 valence electrons. The van der Waals surface area contributed by atoms with Crippen LogP contribution in [0.2, 0.25) is 0 Å². The van der Waals surface area contributed by atoms with E-state index < -0.39 is 9.84 Å². The van der Waals surface area contributed by atoms with Crippen molar-refractivity contribution in [2.45, 2.75) is 23.8 Å². The maximum atomic E-state index is 11.6. The number of carbonyl (C=O) groups is 1. The third-order valence-electron chi connectivity index (χ3n) is 2.78. The fourth-order valence-electron chi connectivity index (χ4n) is 1.85. The SMILES string of the molecule is CS(=O)(=O)c1cccnc1NC1CCC(=O)NC1. The Kier molecular flexibility index (Phi) is 3.51. The quantitative estimate of drug-likeness (QED) is 0.817. The van der Waals surface area contributed by atoms with Crippen molar-refractivity contribution in [1.82, 2.24) is 10.3 Å². The van der Waals surface area contributed by atoms with Crippen LogP contribution in [0.5, 0.6) is 0 Å². The number of nitrogens with one attached hydrogen (secondary N) is 2. The Balaban J connectivity index is 2.17. The fourth-order valence-corrected chi connectivity index (χ4v) is 2.64. The minimum absolute atomic E-state index is 0.0121. The van der Waals surface area contributed by atoms with E-state index in [-0.39, 0.29) is 16.8 Å². The lowest BCUT2D eigenvalue weighted by Crippen LogP contribution is -2.42. The highest BCUT2D eigenvalue weighted by Gasteiger charge is 2.21. The number of anilines is 1. The molecular formula is C11H15N3O3S. The number of amides is 1. The van der Waals surface area contributed by atoms with Gasteiger partial charge in [0.2, 0.25) is 5.91 Å². The smallest absolute Gasteiger partial charge is 0.220 e. The van der Waals surface area contributed by atoms with Crippen molar-refractivity contribution in [3.8, 4) is 0 Å². The third-order valence-corrected chi connectivity index (χ3v) is 3.90. The van der Waals surface area contributed by atoms with Gasteiger partial charge >= 0.3 is 0 Å². The predicted octanol–water partition coefficient (Wildman–Crippen LogP) is 0.176. The Bertz CT molecular complexity index is 546. The van der Waals surface area contributed by atoms with Gasteiger partial charge in [0, 0.05) is 31.5 Å². The molecule has 0 saturated carbocycles. The molecule has 0 aromatic carbocycles. The molecule has 2 heterocycles. The number of nitrogens with zero attached hydrogens (tertiary/aromatic N) is 1. The zero-order valence-electron chi connectivity index (χ0n) is 10.0. The molecule has 0 aliphatic carbocycles. The zero-order valence-corrected chi connectivity index (χ0v) is 10.8. The van der Waals surface area contributed by atoms with Gasteiger partial charge in [-0.1, -0.05) is 0 Å². The number of hydrogen-bond donors (Lipinski definition) is 2. The van der Waals surface area contributed by atoms with Crippen LogP contribution in [-0.2, 0) is 14.6 Å². The largest absolute Gasteiger partial charge is 0.364 e. The lowest BCUT2D eigenvalue weighted by Gasteiger charge is -2.24. The second-order valence-corrected chi connectivity index (χ2v) is 6.29. The number of aromatic nitrogens is 1. The van der Waals surface area contributed by atoms with Gasteiger partial charge in [0.05, 0.1) is 0 Å². The van der Waals surface area contributed by atoms with E-state index in [1.807, 2.05) is 0 Å². The summed E-state index contributed by atoms with van der Waals surface area (Å²) in [5.41, 5.74) is 0. The summed E-state index contributed by atoms with van der Waals surface area (Å²) >= 11 is 0. The summed E-state index contributed by atoms with van der Waals surface area (Å²) in [6.07, 6.45) is 3.81. The summed E-state index contributed by atoms with van der Waals surface area (Å²) in [5, 5.41) is 5.80. The van der Waals surface area contributed by atoms with Crippen LogP contribution < -0.4 is 10.6 Å². The van der Waals surface area contributed by atoms with E-state index in [1.54, 1.807) is 12.3 Å². The highest BCUT2D eigenvalue weighted by atomic mass is 32.2. The van der Waals surface area contributed by atoms with Gasteiger partial charge in [-0.3, -0.25) is 4.79 Å². The Morgan fingerprint density at radius 2 is 2.28 bits per heavy atom. The van der Waals surface area contributed by atoms with Crippen LogP contribution in [0, 0.1) is 0 Å². The number of rotatable bonds is 3. The maximum absolute atomic E-state index is 11.6. The molecule has 2 rings (SSSR count). The van der Waals surface area contributed by atoms with Crippen molar-refractivity contribution in [1.29, 1.82) is 0 Å². The van der Waals surface area contributed by atoms with Crippen LogP contribution in [-0.4, -0.2) is 38.2 Å². The molecular weight excluding hydrogens is 254 g/mol. The topological polar surface area (TPSA) is 88.2 Å². The molecule has 0 spiro atoms. The first-order valence-electron chi connectivity index (χ1n) is 5.65.